The molecule has 0 aliphatic carbocycles. The predicted octanol–water partition coefficient (Wildman–Crippen LogP) is 3.19. The number of halogens is 1. The van der Waals surface area contributed by atoms with E-state index in [-0.39, 0.29) is 11.6 Å². The first-order valence-corrected chi connectivity index (χ1v) is 7.55. The van der Waals surface area contributed by atoms with Gasteiger partial charge >= 0.3 is 0 Å². The molecule has 0 atom stereocenters. The van der Waals surface area contributed by atoms with Crippen LogP contribution in [-0.2, 0) is 0 Å². The minimum atomic E-state index is -0.521. The average Bonchev–Trinajstić information content (AvgIpc) is 3.09. The number of nitrogens with one attached hydrogen (secondary N) is 1. The van der Waals surface area contributed by atoms with Gasteiger partial charge < -0.3 is 5.32 Å². The Morgan fingerprint density at radius 1 is 1.21 bits per heavy atom. The van der Waals surface area contributed by atoms with Crippen LogP contribution in [0.4, 0.5) is 11.4 Å². The summed E-state index contributed by atoms with van der Waals surface area (Å²) in [5.41, 5.74) is 1.41. The lowest BCUT2D eigenvalue weighted by molar-refractivity contribution is -0.384. The lowest BCUT2D eigenvalue weighted by Gasteiger charge is -2.07. The molecule has 1 amide bonds. The number of hydrogen-bond donors (Lipinski definition) is 1. The van der Waals surface area contributed by atoms with Crippen molar-refractivity contribution >= 4 is 33.2 Å². The molecule has 0 saturated heterocycles. The third-order valence-corrected chi connectivity index (χ3v) is 3.63. The van der Waals surface area contributed by atoms with Gasteiger partial charge in [0.1, 0.15) is 0 Å². The molecule has 0 spiro atoms. The van der Waals surface area contributed by atoms with Gasteiger partial charge in [0.05, 0.1) is 23.0 Å². The second kappa shape index (κ2) is 6.59. The van der Waals surface area contributed by atoms with Gasteiger partial charge in [-0.25, -0.2) is 4.68 Å². The van der Waals surface area contributed by atoms with Crippen LogP contribution in [0.25, 0.3) is 5.69 Å². The lowest BCUT2D eigenvalue weighted by Crippen LogP contribution is -2.12. The number of aromatic nitrogens is 3. The van der Waals surface area contributed by atoms with Crippen LogP contribution in [0.15, 0.2) is 59.3 Å². The molecule has 0 fully saturated rings. The summed E-state index contributed by atoms with van der Waals surface area (Å²) < 4.78 is 2.08. The number of anilines is 1. The van der Waals surface area contributed by atoms with E-state index in [1.54, 1.807) is 47.4 Å². The normalized spacial score (nSPS) is 10.4. The third-order valence-electron chi connectivity index (χ3n) is 3.17. The zero-order valence-corrected chi connectivity index (χ0v) is 13.7. The van der Waals surface area contributed by atoms with Crippen molar-refractivity contribution in [3.05, 3.63) is 75.0 Å². The molecule has 24 heavy (non-hydrogen) atoms. The number of nitrogens with zero attached hydrogens (tertiary/aromatic N) is 4. The molecule has 3 aromatic rings. The third kappa shape index (κ3) is 3.46. The van der Waals surface area contributed by atoms with E-state index in [9.17, 15) is 14.9 Å². The number of nitro groups is 1. The molecular formula is C15H10BrN5O3. The van der Waals surface area contributed by atoms with Crippen molar-refractivity contribution in [2.24, 2.45) is 0 Å². The zero-order chi connectivity index (χ0) is 17.1. The molecule has 1 N–H and O–H groups in total. The van der Waals surface area contributed by atoms with E-state index >= 15 is 0 Å². The van der Waals surface area contributed by atoms with E-state index < -0.39 is 4.92 Å². The standard InChI is InChI=1S/C15H10BrN5O3/c16-11-7-12(9-14(8-11)21(23)24)18-15(22)10-1-3-13(4-2-10)20-6-5-17-19-20/h1-9H,(H,18,22). The van der Waals surface area contributed by atoms with Crippen LogP contribution >= 0.6 is 15.9 Å². The first kappa shape index (κ1) is 15.8. The van der Waals surface area contributed by atoms with Crippen LogP contribution < -0.4 is 5.32 Å². The van der Waals surface area contributed by atoms with Gasteiger partial charge in [0.2, 0.25) is 0 Å². The highest BCUT2D eigenvalue weighted by molar-refractivity contribution is 9.10. The van der Waals surface area contributed by atoms with E-state index in [2.05, 4.69) is 31.6 Å². The van der Waals surface area contributed by atoms with E-state index in [1.807, 2.05) is 0 Å². The van der Waals surface area contributed by atoms with Crippen LogP contribution in [-0.4, -0.2) is 25.8 Å². The average molecular weight is 388 g/mol. The van der Waals surface area contributed by atoms with Crippen LogP contribution in [0.3, 0.4) is 0 Å². The van der Waals surface area contributed by atoms with Crippen molar-refractivity contribution in [2.75, 3.05) is 5.32 Å². The molecule has 0 aliphatic heterocycles. The maximum atomic E-state index is 12.3. The summed E-state index contributed by atoms with van der Waals surface area (Å²) in [7, 11) is 0. The maximum absolute atomic E-state index is 12.3. The second-order valence-corrected chi connectivity index (χ2v) is 5.72. The van der Waals surface area contributed by atoms with Crippen molar-refractivity contribution in [3.63, 3.8) is 0 Å². The topological polar surface area (TPSA) is 103 Å². The van der Waals surface area contributed by atoms with Crippen molar-refractivity contribution in [1.29, 1.82) is 0 Å². The van der Waals surface area contributed by atoms with Crippen molar-refractivity contribution in [2.45, 2.75) is 0 Å². The SMILES string of the molecule is O=C(Nc1cc(Br)cc([N+](=O)[O-])c1)c1ccc(-n2ccnn2)cc1. The van der Waals surface area contributed by atoms with Gasteiger partial charge in [-0.3, -0.25) is 14.9 Å². The highest BCUT2D eigenvalue weighted by Gasteiger charge is 2.12. The largest absolute Gasteiger partial charge is 0.322 e. The minimum absolute atomic E-state index is 0.110. The fraction of sp³-hybridized carbons (Fsp3) is 0. The van der Waals surface area contributed by atoms with E-state index in [1.165, 1.54) is 12.1 Å². The van der Waals surface area contributed by atoms with E-state index in [4.69, 9.17) is 0 Å². The fourth-order valence-electron chi connectivity index (χ4n) is 2.07. The molecule has 3 rings (SSSR count). The van der Waals surface area contributed by atoms with Crippen molar-refractivity contribution in [1.82, 2.24) is 15.0 Å². The van der Waals surface area contributed by atoms with Crippen molar-refractivity contribution < 1.29 is 9.72 Å². The Bertz CT molecular complexity index is 894. The molecule has 120 valence electrons. The minimum Gasteiger partial charge on any atom is -0.322 e. The fourth-order valence-corrected chi connectivity index (χ4v) is 2.55. The second-order valence-electron chi connectivity index (χ2n) is 4.80. The molecular weight excluding hydrogens is 378 g/mol. The number of carbonyl (C=O) groups excluding carboxylic acids is 1. The van der Waals surface area contributed by atoms with E-state index in [0.29, 0.717) is 15.7 Å². The van der Waals surface area contributed by atoms with Gasteiger partial charge in [-0.15, -0.1) is 5.10 Å². The molecule has 0 bridgehead atoms. The maximum Gasteiger partial charge on any atom is 0.272 e. The predicted molar refractivity (Wildman–Crippen MR) is 90.1 cm³/mol. The summed E-state index contributed by atoms with van der Waals surface area (Å²) in [4.78, 5) is 22.6. The zero-order valence-electron chi connectivity index (χ0n) is 12.1. The first-order chi connectivity index (χ1) is 11.5. The Morgan fingerprint density at radius 2 is 1.96 bits per heavy atom. The van der Waals surface area contributed by atoms with Crippen LogP contribution in [0.2, 0.25) is 0 Å². The molecule has 1 aromatic heterocycles. The molecule has 2 aromatic carbocycles. The van der Waals surface area contributed by atoms with Gasteiger partial charge in [0.15, 0.2) is 0 Å². The summed E-state index contributed by atoms with van der Waals surface area (Å²) in [6, 6.07) is 11.0. The van der Waals surface area contributed by atoms with Gasteiger partial charge in [-0.1, -0.05) is 21.1 Å². The Balaban J connectivity index is 1.79. The Kier molecular flexibility index (Phi) is 4.34. The van der Waals surface area contributed by atoms with Gasteiger partial charge in [-0.2, -0.15) is 0 Å². The lowest BCUT2D eigenvalue weighted by atomic mass is 10.2. The highest BCUT2D eigenvalue weighted by atomic mass is 79.9. The Morgan fingerprint density at radius 3 is 2.58 bits per heavy atom. The molecule has 0 saturated carbocycles. The van der Waals surface area contributed by atoms with Crippen molar-refractivity contribution in [3.8, 4) is 5.69 Å². The molecule has 0 unspecified atom stereocenters. The molecule has 9 heteroatoms. The number of benzene rings is 2. The Hall–Kier alpha value is -3.07. The summed E-state index contributed by atoms with van der Waals surface area (Å²) in [6.07, 6.45) is 3.25. The van der Waals surface area contributed by atoms with Crippen LogP contribution in [0.1, 0.15) is 10.4 Å². The number of nitro benzene ring substituents is 1. The Labute approximate surface area is 144 Å². The van der Waals surface area contributed by atoms with Gasteiger partial charge in [0, 0.05) is 27.9 Å². The number of rotatable bonds is 4. The number of non-ortho nitro benzene ring substituents is 1. The molecule has 0 aliphatic rings. The van der Waals surface area contributed by atoms with Gasteiger partial charge in [-0.05, 0) is 30.3 Å². The van der Waals surface area contributed by atoms with E-state index in [0.717, 1.165) is 5.69 Å². The number of amides is 1. The summed E-state index contributed by atoms with van der Waals surface area (Å²) in [5, 5.41) is 21.1. The first-order valence-electron chi connectivity index (χ1n) is 6.76. The monoisotopic (exact) mass is 387 g/mol. The highest BCUT2D eigenvalue weighted by Crippen LogP contribution is 2.25. The summed E-state index contributed by atoms with van der Waals surface area (Å²) >= 11 is 3.19. The number of hydrogen-bond acceptors (Lipinski definition) is 5. The van der Waals surface area contributed by atoms with Gasteiger partial charge in [0.25, 0.3) is 11.6 Å². The summed E-state index contributed by atoms with van der Waals surface area (Å²) in [6.45, 7) is 0. The van der Waals surface area contributed by atoms with Crippen LogP contribution in [0, 0.1) is 10.1 Å². The number of carbonyl (C=O) groups is 1. The smallest absolute Gasteiger partial charge is 0.272 e. The molecule has 0 radical (unpaired) electrons. The van der Waals surface area contributed by atoms with Crippen LogP contribution in [0.5, 0.6) is 0 Å². The molecule has 1 heterocycles. The summed E-state index contributed by atoms with van der Waals surface area (Å²) in [5.74, 6) is -0.368. The molecule has 8 nitrogen and oxygen atoms in total. The quantitative estimate of drug-likeness (QED) is 0.546.